The van der Waals surface area contributed by atoms with Crippen LogP contribution >= 0.6 is 24.0 Å². The molecule has 6 heteroatoms. The number of aliphatic imine (C=N–C) groups is 1. The molecule has 1 aromatic rings. The Bertz CT molecular complexity index is 369. The van der Waals surface area contributed by atoms with Crippen molar-refractivity contribution < 1.29 is 9.15 Å². The molecule has 0 unspecified atom stereocenters. The molecule has 0 aliphatic heterocycles. The highest BCUT2D eigenvalue weighted by Gasteiger charge is 2.00. The average Bonchev–Trinajstić information content (AvgIpc) is 3.00. The second-order valence-electron chi connectivity index (χ2n) is 4.97. The van der Waals surface area contributed by atoms with Gasteiger partial charge in [-0.2, -0.15) is 0 Å². The monoisotopic (exact) mass is 423 g/mol. The lowest BCUT2D eigenvalue weighted by molar-refractivity contribution is 0.203. The maximum Gasteiger partial charge on any atom is 0.191 e. The third kappa shape index (κ3) is 10.9. The summed E-state index contributed by atoms with van der Waals surface area (Å²) in [7, 11) is 1.70. The molecule has 0 spiro atoms. The van der Waals surface area contributed by atoms with Crippen LogP contribution in [0, 0.1) is 0 Å². The van der Waals surface area contributed by atoms with E-state index in [1.807, 2.05) is 12.1 Å². The molecule has 0 saturated carbocycles. The summed E-state index contributed by atoms with van der Waals surface area (Å²) in [4.78, 5) is 4.59. The number of methoxy groups -OCH3 is 1. The van der Waals surface area contributed by atoms with Crippen molar-refractivity contribution in [3.63, 3.8) is 0 Å². The topological polar surface area (TPSA) is 58.8 Å². The Kier molecular flexibility index (Phi) is 14.6. The van der Waals surface area contributed by atoms with E-state index in [2.05, 4.69) is 22.5 Å². The van der Waals surface area contributed by atoms with Gasteiger partial charge < -0.3 is 19.8 Å². The van der Waals surface area contributed by atoms with Crippen LogP contribution in [0.2, 0.25) is 0 Å². The van der Waals surface area contributed by atoms with Crippen molar-refractivity contribution in [3.05, 3.63) is 24.2 Å². The first-order valence-corrected chi connectivity index (χ1v) is 7.90. The van der Waals surface area contributed by atoms with E-state index >= 15 is 0 Å². The molecule has 0 atom stereocenters. The number of hydrogen-bond donors (Lipinski definition) is 2. The minimum Gasteiger partial charge on any atom is -0.469 e. The van der Waals surface area contributed by atoms with Gasteiger partial charge in [-0.25, -0.2) is 0 Å². The first-order chi connectivity index (χ1) is 10.4. The van der Waals surface area contributed by atoms with Crippen molar-refractivity contribution in [2.24, 2.45) is 4.99 Å². The predicted molar refractivity (Wildman–Crippen MR) is 102 cm³/mol. The molecule has 1 rings (SSSR count). The Hall–Kier alpha value is -0.760. The number of hydrogen-bond acceptors (Lipinski definition) is 3. The zero-order chi connectivity index (χ0) is 15.2. The maximum absolute atomic E-state index is 5.32. The van der Waals surface area contributed by atoms with Crippen LogP contribution in [0.5, 0.6) is 0 Å². The molecule has 0 bridgehead atoms. The van der Waals surface area contributed by atoms with Gasteiger partial charge in [0.05, 0.1) is 12.9 Å². The molecule has 5 nitrogen and oxygen atoms in total. The standard InChI is InChI=1S/C16H29N3O2.HI/c1-3-4-5-6-10-17-16(19-12-14-20-2)18-11-9-15-8-7-13-21-15;/h7-8,13H,3-6,9-12,14H2,1-2H3,(H2,17,18,19);1H. The molecule has 1 heterocycles. The van der Waals surface area contributed by atoms with Crippen molar-refractivity contribution in [2.45, 2.75) is 39.0 Å². The van der Waals surface area contributed by atoms with Crippen LogP contribution in [0.15, 0.2) is 27.8 Å². The summed E-state index contributed by atoms with van der Waals surface area (Å²) in [6.07, 6.45) is 7.49. The second-order valence-corrected chi connectivity index (χ2v) is 4.97. The highest BCUT2D eigenvalue weighted by atomic mass is 127. The molecule has 1 aromatic heterocycles. The van der Waals surface area contributed by atoms with Gasteiger partial charge in [0.15, 0.2) is 5.96 Å². The summed E-state index contributed by atoms with van der Waals surface area (Å²) in [6.45, 7) is 5.33. The molecule has 0 aliphatic rings. The summed E-state index contributed by atoms with van der Waals surface area (Å²) in [5, 5.41) is 6.61. The fourth-order valence-electron chi connectivity index (χ4n) is 1.93. The third-order valence-electron chi connectivity index (χ3n) is 3.12. The zero-order valence-corrected chi connectivity index (χ0v) is 16.1. The van der Waals surface area contributed by atoms with Crippen LogP contribution in [-0.4, -0.2) is 39.3 Å². The number of rotatable bonds is 11. The lowest BCUT2D eigenvalue weighted by Crippen LogP contribution is -2.40. The van der Waals surface area contributed by atoms with Crippen LogP contribution < -0.4 is 10.6 Å². The molecule has 22 heavy (non-hydrogen) atoms. The Morgan fingerprint density at radius 2 is 2.05 bits per heavy atom. The molecular formula is C16H30IN3O2. The van der Waals surface area contributed by atoms with E-state index in [9.17, 15) is 0 Å². The average molecular weight is 423 g/mol. The first-order valence-electron chi connectivity index (χ1n) is 7.90. The van der Waals surface area contributed by atoms with Crippen LogP contribution in [0.3, 0.4) is 0 Å². The van der Waals surface area contributed by atoms with Crippen LogP contribution in [0.1, 0.15) is 38.4 Å². The Balaban J connectivity index is 0.00000441. The van der Waals surface area contributed by atoms with Gasteiger partial charge in [-0.05, 0) is 18.6 Å². The van der Waals surface area contributed by atoms with Crippen LogP contribution in [-0.2, 0) is 11.2 Å². The van der Waals surface area contributed by atoms with Gasteiger partial charge in [0.25, 0.3) is 0 Å². The quantitative estimate of drug-likeness (QED) is 0.249. The minimum absolute atomic E-state index is 0. The molecule has 2 N–H and O–H groups in total. The molecular weight excluding hydrogens is 393 g/mol. The lowest BCUT2D eigenvalue weighted by atomic mass is 10.2. The normalized spacial score (nSPS) is 11.1. The number of nitrogens with zero attached hydrogens (tertiary/aromatic N) is 1. The van der Waals surface area contributed by atoms with Gasteiger partial charge in [0, 0.05) is 33.2 Å². The van der Waals surface area contributed by atoms with Crippen molar-refractivity contribution in [2.75, 3.05) is 33.4 Å². The van der Waals surface area contributed by atoms with E-state index in [0.29, 0.717) is 6.61 Å². The second kappa shape index (κ2) is 15.1. The van der Waals surface area contributed by atoms with Gasteiger partial charge in [-0.3, -0.25) is 4.99 Å². The molecule has 0 aromatic carbocycles. The van der Waals surface area contributed by atoms with E-state index in [1.54, 1.807) is 13.4 Å². The minimum atomic E-state index is 0. The molecule has 0 amide bonds. The predicted octanol–water partition coefficient (Wildman–Crippen LogP) is 3.20. The van der Waals surface area contributed by atoms with E-state index in [-0.39, 0.29) is 24.0 Å². The number of ether oxygens (including phenoxy) is 1. The van der Waals surface area contributed by atoms with Crippen molar-refractivity contribution in [1.82, 2.24) is 10.6 Å². The van der Waals surface area contributed by atoms with Gasteiger partial charge in [0.1, 0.15) is 5.76 Å². The molecule has 0 saturated heterocycles. The number of nitrogens with one attached hydrogen (secondary N) is 2. The van der Waals surface area contributed by atoms with Gasteiger partial charge in [-0.15, -0.1) is 24.0 Å². The Morgan fingerprint density at radius 3 is 2.73 bits per heavy atom. The number of furan rings is 1. The van der Waals surface area contributed by atoms with Crippen LogP contribution in [0.4, 0.5) is 0 Å². The molecule has 128 valence electrons. The summed E-state index contributed by atoms with van der Waals surface area (Å²) in [5.41, 5.74) is 0. The summed E-state index contributed by atoms with van der Waals surface area (Å²) in [5.74, 6) is 1.84. The summed E-state index contributed by atoms with van der Waals surface area (Å²) < 4.78 is 10.4. The first kappa shape index (κ1) is 21.2. The lowest BCUT2D eigenvalue weighted by Gasteiger charge is -2.12. The van der Waals surface area contributed by atoms with E-state index < -0.39 is 0 Å². The fourth-order valence-corrected chi connectivity index (χ4v) is 1.93. The summed E-state index contributed by atoms with van der Waals surface area (Å²) in [6, 6.07) is 3.90. The highest BCUT2D eigenvalue weighted by Crippen LogP contribution is 2.00. The molecule has 0 radical (unpaired) electrons. The highest BCUT2D eigenvalue weighted by molar-refractivity contribution is 14.0. The fraction of sp³-hybridized carbons (Fsp3) is 0.688. The van der Waals surface area contributed by atoms with E-state index in [0.717, 1.165) is 44.2 Å². The molecule has 0 aliphatic carbocycles. The van der Waals surface area contributed by atoms with Crippen molar-refractivity contribution in [1.29, 1.82) is 0 Å². The Labute approximate surface area is 151 Å². The van der Waals surface area contributed by atoms with Gasteiger partial charge in [-0.1, -0.05) is 26.2 Å². The zero-order valence-electron chi connectivity index (χ0n) is 13.8. The maximum atomic E-state index is 5.32. The number of unbranched alkanes of at least 4 members (excludes halogenated alkanes) is 3. The molecule has 0 fully saturated rings. The Morgan fingerprint density at radius 1 is 1.23 bits per heavy atom. The largest absolute Gasteiger partial charge is 0.469 e. The smallest absolute Gasteiger partial charge is 0.191 e. The van der Waals surface area contributed by atoms with Crippen molar-refractivity contribution in [3.8, 4) is 0 Å². The van der Waals surface area contributed by atoms with Crippen LogP contribution in [0.25, 0.3) is 0 Å². The van der Waals surface area contributed by atoms with Crippen molar-refractivity contribution >= 4 is 29.9 Å². The van der Waals surface area contributed by atoms with Gasteiger partial charge in [0.2, 0.25) is 0 Å². The number of halogens is 1. The van der Waals surface area contributed by atoms with E-state index in [1.165, 1.54) is 19.3 Å². The number of guanidine groups is 1. The summed E-state index contributed by atoms with van der Waals surface area (Å²) >= 11 is 0. The SMILES string of the molecule is CCCCCCN=C(NCCOC)NCCc1ccco1.I. The third-order valence-corrected chi connectivity index (χ3v) is 3.12. The van der Waals surface area contributed by atoms with Gasteiger partial charge >= 0.3 is 0 Å². The van der Waals surface area contributed by atoms with E-state index in [4.69, 9.17) is 9.15 Å².